The average molecular weight is 470 g/mol. The van der Waals surface area contributed by atoms with Crippen molar-refractivity contribution >= 4 is 25.9 Å². The molecule has 2 heterocycles. The molecule has 1 aromatic carbocycles. The molecule has 0 aliphatic heterocycles. The summed E-state index contributed by atoms with van der Waals surface area (Å²) >= 11 is 0. The van der Waals surface area contributed by atoms with Crippen LogP contribution < -0.4 is 21.3 Å². The first kappa shape index (κ1) is 22.7. The van der Waals surface area contributed by atoms with Crippen LogP contribution in [0.15, 0.2) is 40.3 Å². The number of rotatable bonds is 8. The molecule has 166 valence electrons. The van der Waals surface area contributed by atoms with Crippen LogP contribution in [0.4, 0.5) is 5.82 Å². The second kappa shape index (κ2) is 8.61. The zero-order valence-electron chi connectivity index (χ0n) is 15.8. The number of pyridine rings is 1. The Bertz CT molecular complexity index is 1280. The number of aliphatic hydroxyl groups excluding tert-OH is 1. The molecule has 1 unspecified atom stereocenters. The van der Waals surface area contributed by atoms with E-state index < -0.39 is 42.5 Å². The first-order valence-corrected chi connectivity index (χ1v) is 11.6. The summed E-state index contributed by atoms with van der Waals surface area (Å²) in [5.74, 6) is 0.00767. The summed E-state index contributed by atoms with van der Waals surface area (Å²) in [5.41, 5.74) is 11.3. The standard InChI is InChI=1S/C15H19N9O5S2/c16-5-9(25)7-20-31(28,29)11-3-2-10(8-1-4-12(17)19-6-8)13(14(11)30(18,26)27)15-21-23-24-22-15/h1-4,6,9,20,25H,5,7,16H2,(H2,17,19)(H2,18,26,27)(H,21,22,23,24). The van der Waals surface area contributed by atoms with Crippen molar-refractivity contribution in [1.29, 1.82) is 0 Å². The number of nitrogens with zero attached hydrogens (tertiary/aromatic N) is 4. The fraction of sp³-hybridized carbons (Fsp3) is 0.200. The summed E-state index contributed by atoms with van der Waals surface area (Å²) in [7, 11) is -9.07. The van der Waals surface area contributed by atoms with Gasteiger partial charge < -0.3 is 16.6 Å². The van der Waals surface area contributed by atoms with Crippen LogP contribution in [-0.4, -0.2) is 66.7 Å². The predicted molar refractivity (Wildman–Crippen MR) is 109 cm³/mol. The number of aromatic amines is 1. The number of hydrogen-bond acceptors (Lipinski definition) is 11. The molecule has 0 bridgehead atoms. The van der Waals surface area contributed by atoms with E-state index in [4.69, 9.17) is 16.6 Å². The Hall–Kier alpha value is -3.02. The smallest absolute Gasteiger partial charge is 0.242 e. The summed E-state index contributed by atoms with van der Waals surface area (Å²) in [6, 6.07) is 5.44. The van der Waals surface area contributed by atoms with Gasteiger partial charge in [-0.15, -0.1) is 10.2 Å². The zero-order chi connectivity index (χ0) is 22.8. The van der Waals surface area contributed by atoms with E-state index in [1.54, 1.807) is 6.07 Å². The third-order valence-corrected chi connectivity index (χ3v) is 6.73. The largest absolute Gasteiger partial charge is 0.390 e. The first-order valence-electron chi connectivity index (χ1n) is 8.58. The molecular formula is C15H19N9O5S2. The molecule has 0 aliphatic rings. The van der Waals surface area contributed by atoms with Crippen LogP contribution in [0, 0.1) is 0 Å². The molecule has 31 heavy (non-hydrogen) atoms. The van der Waals surface area contributed by atoms with Gasteiger partial charge in [-0.05, 0) is 29.0 Å². The van der Waals surface area contributed by atoms with Crippen molar-refractivity contribution in [3.8, 4) is 22.5 Å². The Labute approximate surface area is 177 Å². The number of aliphatic hydroxyl groups is 1. The van der Waals surface area contributed by atoms with E-state index in [0.29, 0.717) is 5.56 Å². The van der Waals surface area contributed by atoms with Crippen LogP contribution in [0.3, 0.4) is 0 Å². The minimum atomic E-state index is -4.63. The summed E-state index contributed by atoms with van der Waals surface area (Å²) in [6.07, 6.45) is 0.190. The first-order chi connectivity index (χ1) is 14.5. The van der Waals surface area contributed by atoms with Crippen molar-refractivity contribution in [2.75, 3.05) is 18.8 Å². The van der Waals surface area contributed by atoms with E-state index >= 15 is 0 Å². The second-order valence-corrected chi connectivity index (χ2v) is 9.54. The summed E-state index contributed by atoms with van der Waals surface area (Å²) in [5, 5.41) is 28.2. The van der Waals surface area contributed by atoms with Gasteiger partial charge in [-0.25, -0.2) is 31.7 Å². The second-order valence-electron chi connectivity index (χ2n) is 6.31. The quantitative estimate of drug-likeness (QED) is 0.206. The molecule has 3 rings (SSSR count). The number of primary sulfonamides is 1. The van der Waals surface area contributed by atoms with Gasteiger partial charge in [0.25, 0.3) is 0 Å². The molecule has 1 atom stereocenters. The molecule has 0 amide bonds. The maximum Gasteiger partial charge on any atom is 0.242 e. The lowest BCUT2D eigenvalue weighted by Gasteiger charge is -2.17. The van der Waals surface area contributed by atoms with Crippen LogP contribution in [0.5, 0.6) is 0 Å². The molecule has 0 spiro atoms. The van der Waals surface area contributed by atoms with E-state index in [1.807, 2.05) is 0 Å². The maximum absolute atomic E-state index is 12.9. The maximum atomic E-state index is 12.9. The lowest BCUT2D eigenvalue weighted by atomic mass is 10.0. The van der Waals surface area contributed by atoms with Crippen LogP contribution in [0.2, 0.25) is 0 Å². The Balaban J connectivity index is 2.33. The Morgan fingerprint density at radius 1 is 1.16 bits per heavy atom. The molecule has 0 saturated heterocycles. The van der Waals surface area contributed by atoms with Crippen LogP contribution >= 0.6 is 0 Å². The number of anilines is 1. The van der Waals surface area contributed by atoms with Gasteiger partial charge in [0.1, 0.15) is 15.6 Å². The molecule has 16 heteroatoms. The minimum Gasteiger partial charge on any atom is -0.390 e. The van der Waals surface area contributed by atoms with Crippen LogP contribution in [0.25, 0.3) is 22.5 Å². The van der Waals surface area contributed by atoms with Crippen molar-refractivity contribution in [1.82, 2.24) is 30.3 Å². The highest BCUT2D eigenvalue weighted by Crippen LogP contribution is 2.38. The van der Waals surface area contributed by atoms with Gasteiger partial charge in [0.15, 0.2) is 0 Å². The fourth-order valence-electron chi connectivity index (χ4n) is 2.72. The van der Waals surface area contributed by atoms with Gasteiger partial charge in [-0.1, -0.05) is 6.07 Å². The molecule has 0 radical (unpaired) electrons. The average Bonchev–Trinajstić information content (AvgIpc) is 3.25. The monoisotopic (exact) mass is 469 g/mol. The molecular weight excluding hydrogens is 450 g/mol. The highest BCUT2D eigenvalue weighted by molar-refractivity contribution is 7.92. The topological polar surface area (TPSA) is 246 Å². The van der Waals surface area contributed by atoms with E-state index in [0.717, 1.165) is 6.07 Å². The number of nitrogens with two attached hydrogens (primary N) is 3. The predicted octanol–water partition coefficient (Wildman–Crippen LogP) is -2.24. The van der Waals surface area contributed by atoms with E-state index in [2.05, 4.69) is 30.3 Å². The number of tetrazole rings is 1. The third-order valence-electron chi connectivity index (χ3n) is 4.14. The Morgan fingerprint density at radius 2 is 1.90 bits per heavy atom. The van der Waals surface area contributed by atoms with Crippen molar-refractivity contribution in [3.63, 3.8) is 0 Å². The third kappa shape index (κ3) is 4.84. The van der Waals surface area contributed by atoms with Gasteiger partial charge in [-0.2, -0.15) is 5.21 Å². The Kier molecular flexibility index (Phi) is 6.30. The highest BCUT2D eigenvalue weighted by atomic mass is 32.2. The lowest BCUT2D eigenvalue weighted by molar-refractivity contribution is 0.186. The van der Waals surface area contributed by atoms with Crippen LogP contribution in [0.1, 0.15) is 0 Å². The van der Waals surface area contributed by atoms with Crippen molar-refractivity contribution < 1.29 is 21.9 Å². The summed E-state index contributed by atoms with van der Waals surface area (Å²) in [4.78, 5) is 2.55. The number of nitrogens with one attached hydrogen (secondary N) is 2. The Morgan fingerprint density at radius 3 is 2.45 bits per heavy atom. The molecule has 9 N–H and O–H groups in total. The van der Waals surface area contributed by atoms with E-state index in [9.17, 15) is 21.9 Å². The molecule has 0 saturated carbocycles. The molecule has 3 aromatic rings. The molecule has 0 aliphatic carbocycles. The van der Waals surface area contributed by atoms with Crippen LogP contribution in [-0.2, 0) is 20.0 Å². The molecule has 14 nitrogen and oxygen atoms in total. The van der Waals surface area contributed by atoms with Gasteiger partial charge in [0.2, 0.25) is 25.9 Å². The van der Waals surface area contributed by atoms with Crippen molar-refractivity contribution in [2.45, 2.75) is 15.9 Å². The van der Waals surface area contributed by atoms with Gasteiger partial charge in [-0.3, -0.25) is 0 Å². The number of sulfonamides is 2. The van der Waals surface area contributed by atoms with E-state index in [-0.39, 0.29) is 29.3 Å². The number of H-pyrrole nitrogens is 1. The number of aromatic nitrogens is 5. The summed E-state index contributed by atoms with van der Waals surface area (Å²) in [6.45, 7) is -0.647. The number of nitrogen functional groups attached to an aromatic ring is 1. The van der Waals surface area contributed by atoms with Crippen molar-refractivity contribution in [2.24, 2.45) is 10.9 Å². The number of benzene rings is 1. The molecule has 0 fully saturated rings. The van der Waals surface area contributed by atoms with Crippen molar-refractivity contribution in [3.05, 3.63) is 30.5 Å². The zero-order valence-corrected chi connectivity index (χ0v) is 17.4. The number of hydrogen-bond donors (Lipinski definition) is 6. The minimum absolute atomic E-state index is 0.204. The van der Waals surface area contributed by atoms with E-state index in [1.165, 1.54) is 18.3 Å². The SMILES string of the molecule is NCC(O)CNS(=O)(=O)c1ccc(-c2ccc(N)nc2)c(-c2nn[nH]n2)c1S(N)(=O)=O. The lowest BCUT2D eigenvalue weighted by Crippen LogP contribution is -2.36. The van der Waals surface area contributed by atoms with Gasteiger partial charge >= 0.3 is 0 Å². The van der Waals surface area contributed by atoms with Gasteiger partial charge in [0, 0.05) is 24.8 Å². The highest BCUT2D eigenvalue weighted by Gasteiger charge is 2.32. The van der Waals surface area contributed by atoms with Gasteiger partial charge in [0.05, 0.1) is 11.7 Å². The normalized spacial score (nSPS) is 13.3. The summed E-state index contributed by atoms with van der Waals surface area (Å²) < 4.78 is 52.9. The fourth-order valence-corrected chi connectivity index (χ4v) is 5.39. The molecule has 2 aromatic heterocycles.